The van der Waals surface area contributed by atoms with Gasteiger partial charge in [0, 0.05) is 35.4 Å². The molecule has 6 heteroatoms. The Morgan fingerprint density at radius 1 is 1.13 bits per heavy atom. The van der Waals surface area contributed by atoms with Crippen LogP contribution < -0.4 is 5.32 Å². The van der Waals surface area contributed by atoms with E-state index in [1.807, 2.05) is 31.3 Å². The lowest BCUT2D eigenvalue weighted by Gasteiger charge is -2.25. The Labute approximate surface area is 186 Å². The molecule has 1 amide bonds. The van der Waals surface area contributed by atoms with Gasteiger partial charge in [0.05, 0.1) is 11.6 Å². The molecule has 1 aliphatic heterocycles. The average Bonchev–Trinajstić information content (AvgIpc) is 3.33. The number of halogens is 2. The van der Waals surface area contributed by atoms with Crippen LogP contribution in [0, 0.1) is 17.7 Å². The number of hydrogen-bond acceptors (Lipinski definition) is 3. The summed E-state index contributed by atoms with van der Waals surface area (Å²) in [6.07, 6.45) is 3.98. The number of carbonyl (C=O) groups excluding carboxylic acids is 1. The van der Waals surface area contributed by atoms with Gasteiger partial charge >= 0.3 is 0 Å². The molecule has 1 N–H and O–H groups in total. The topological polar surface area (TPSA) is 45.2 Å². The highest BCUT2D eigenvalue weighted by atomic mass is 35.5. The Morgan fingerprint density at radius 3 is 2.55 bits per heavy atom. The number of fused-ring (bicyclic) bond motifs is 2. The van der Waals surface area contributed by atoms with E-state index in [0.717, 1.165) is 42.5 Å². The molecule has 5 rings (SSSR count). The van der Waals surface area contributed by atoms with E-state index in [1.54, 1.807) is 24.3 Å². The second-order valence-corrected chi connectivity index (χ2v) is 9.31. The fourth-order valence-corrected chi connectivity index (χ4v) is 5.47. The van der Waals surface area contributed by atoms with Crippen LogP contribution in [0.15, 0.2) is 54.7 Å². The van der Waals surface area contributed by atoms with Gasteiger partial charge in [-0.25, -0.2) is 4.39 Å². The number of carbonyl (C=O) groups is 1. The molecule has 1 saturated heterocycles. The molecule has 31 heavy (non-hydrogen) atoms. The summed E-state index contributed by atoms with van der Waals surface area (Å²) in [7, 11) is 0. The smallest absolute Gasteiger partial charge is 0.241 e. The Morgan fingerprint density at radius 2 is 1.84 bits per heavy atom. The number of rotatable bonds is 4. The summed E-state index contributed by atoms with van der Waals surface area (Å²) in [4.78, 5) is 19.4. The highest BCUT2D eigenvalue weighted by molar-refractivity contribution is 6.30. The molecule has 160 valence electrons. The zero-order chi connectivity index (χ0) is 21.5. The van der Waals surface area contributed by atoms with Gasteiger partial charge in [-0.15, -0.1) is 0 Å². The number of amides is 1. The van der Waals surface area contributed by atoms with E-state index in [0.29, 0.717) is 22.8 Å². The van der Waals surface area contributed by atoms with Gasteiger partial charge in [0.1, 0.15) is 5.82 Å². The first-order valence-electron chi connectivity index (χ1n) is 10.8. The minimum atomic E-state index is -0.216. The highest BCUT2D eigenvalue weighted by Crippen LogP contribution is 2.47. The standard InChI is InChI=1S/C25H25ClFN3O/c1-15(25(31)29-21-5-2-19(26)3-6-21)30-13-17-10-16(11-18(17)14-30)22-8-9-28-24-7-4-20(27)12-23(22)24/h2-9,12,15-18H,10-11,13-14H2,1H3,(H,29,31)/t15?,16-,17-,18?/m1/s1. The van der Waals surface area contributed by atoms with Crippen molar-refractivity contribution in [3.05, 3.63) is 71.1 Å². The molecule has 2 fully saturated rings. The molecule has 0 radical (unpaired) electrons. The second-order valence-electron chi connectivity index (χ2n) is 8.88. The molecule has 1 saturated carbocycles. The van der Waals surface area contributed by atoms with Crippen LogP contribution in [0.1, 0.15) is 31.2 Å². The first kappa shape index (κ1) is 20.4. The summed E-state index contributed by atoms with van der Waals surface area (Å²) in [5.41, 5.74) is 2.82. The highest BCUT2D eigenvalue weighted by Gasteiger charge is 2.43. The molecule has 1 aliphatic carbocycles. The van der Waals surface area contributed by atoms with Gasteiger partial charge in [-0.2, -0.15) is 0 Å². The number of aromatic nitrogens is 1. The molecule has 2 unspecified atom stereocenters. The van der Waals surface area contributed by atoms with Crippen LogP contribution in [0.25, 0.3) is 10.9 Å². The number of nitrogens with zero attached hydrogens (tertiary/aromatic N) is 2. The second kappa shape index (κ2) is 8.21. The van der Waals surface area contributed by atoms with Gasteiger partial charge in [-0.3, -0.25) is 14.7 Å². The van der Waals surface area contributed by atoms with Gasteiger partial charge < -0.3 is 5.32 Å². The molecular weight excluding hydrogens is 413 g/mol. The number of nitrogens with one attached hydrogen (secondary N) is 1. The van der Waals surface area contributed by atoms with Crippen LogP contribution in [-0.2, 0) is 4.79 Å². The van der Waals surface area contributed by atoms with Crippen molar-refractivity contribution >= 4 is 34.1 Å². The molecular formula is C25H25ClFN3O. The van der Waals surface area contributed by atoms with Crippen molar-refractivity contribution < 1.29 is 9.18 Å². The lowest BCUT2D eigenvalue weighted by atomic mass is 9.93. The summed E-state index contributed by atoms with van der Waals surface area (Å²) >= 11 is 5.92. The van der Waals surface area contributed by atoms with Crippen molar-refractivity contribution in [2.45, 2.75) is 31.7 Å². The Kier molecular flexibility index (Phi) is 5.40. The van der Waals surface area contributed by atoms with Crippen LogP contribution >= 0.6 is 11.6 Å². The van der Waals surface area contributed by atoms with Gasteiger partial charge in [-0.05, 0) is 91.6 Å². The monoisotopic (exact) mass is 437 g/mol. The lowest BCUT2D eigenvalue weighted by molar-refractivity contribution is -0.120. The van der Waals surface area contributed by atoms with E-state index in [1.165, 1.54) is 11.6 Å². The molecule has 3 aromatic rings. The zero-order valence-electron chi connectivity index (χ0n) is 17.4. The number of benzene rings is 2. The SMILES string of the molecule is CC(C(=O)Nc1ccc(Cl)cc1)N1CC2C[C@H](c3ccnc4ccc(F)cc34)C[C@@H]2C1. The third-order valence-corrected chi connectivity index (χ3v) is 7.25. The minimum Gasteiger partial charge on any atom is -0.325 e. The average molecular weight is 438 g/mol. The van der Waals surface area contributed by atoms with Crippen molar-refractivity contribution in [3.63, 3.8) is 0 Å². The van der Waals surface area contributed by atoms with Crippen LogP contribution in [0.3, 0.4) is 0 Å². The number of anilines is 1. The maximum Gasteiger partial charge on any atom is 0.241 e. The predicted molar refractivity (Wildman–Crippen MR) is 122 cm³/mol. The largest absolute Gasteiger partial charge is 0.325 e. The third-order valence-electron chi connectivity index (χ3n) is 7.00. The van der Waals surface area contributed by atoms with Crippen LogP contribution in [-0.4, -0.2) is 34.9 Å². The van der Waals surface area contributed by atoms with Crippen molar-refractivity contribution in [1.29, 1.82) is 0 Å². The summed E-state index contributed by atoms with van der Waals surface area (Å²) in [6, 6.07) is 13.9. The number of pyridine rings is 1. The van der Waals surface area contributed by atoms with E-state index in [2.05, 4.69) is 15.2 Å². The molecule has 4 nitrogen and oxygen atoms in total. The minimum absolute atomic E-state index is 0.00875. The van der Waals surface area contributed by atoms with E-state index >= 15 is 0 Å². The summed E-state index contributed by atoms with van der Waals surface area (Å²) < 4.78 is 13.8. The molecule has 0 spiro atoms. The van der Waals surface area contributed by atoms with Crippen molar-refractivity contribution in [2.24, 2.45) is 11.8 Å². The molecule has 2 heterocycles. The summed E-state index contributed by atoms with van der Waals surface area (Å²) in [5, 5.41) is 4.57. The Balaban J connectivity index is 1.24. The molecule has 2 aromatic carbocycles. The van der Waals surface area contributed by atoms with E-state index in [-0.39, 0.29) is 17.8 Å². The summed E-state index contributed by atoms with van der Waals surface area (Å²) in [5.74, 6) is 1.34. The van der Waals surface area contributed by atoms with E-state index in [4.69, 9.17) is 11.6 Å². The first-order chi connectivity index (χ1) is 15.0. The fourth-order valence-electron chi connectivity index (χ4n) is 5.35. The Hall–Kier alpha value is -2.50. The maximum absolute atomic E-state index is 13.8. The van der Waals surface area contributed by atoms with Crippen molar-refractivity contribution in [1.82, 2.24) is 9.88 Å². The molecule has 0 bridgehead atoms. The zero-order valence-corrected chi connectivity index (χ0v) is 18.1. The van der Waals surface area contributed by atoms with Crippen molar-refractivity contribution in [2.75, 3.05) is 18.4 Å². The van der Waals surface area contributed by atoms with Gasteiger partial charge in [-0.1, -0.05) is 11.6 Å². The Bertz CT molecular complexity index is 1110. The number of likely N-dealkylation sites (tertiary alicyclic amines) is 1. The van der Waals surface area contributed by atoms with Crippen LogP contribution in [0.5, 0.6) is 0 Å². The van der Waals surface area contributed by atoms with E-state index < -0.39 is 0 Å². The third kappa shape index (κ3) is 4.04. The van der Waals surface area contributed by atoms with Gasteiger partial charge in [0.15, 0.2) is 0 Å². The number of hydrogen-bond donors (Lipinski definition) is 1. The summed E-state index contributed by atoms with van der Waals surface area (Å²) in [6.45, 7) is 3.82. The fraction of sp³-hybridized carbons (Fsp3) is 0.360. The van der Waals surface area contributed by atoms with Gasteiger partial charge in [0.25, 0.3) is 0 Å². The van der Waals surface area contributed by atoms with Crippen LogP contribution in [0.2, 0.25) is 5.02 Å². The lowest BCUT2D eigenvalue weighted by Crippen LogP contribution is -2.41. The van der Waals surface area contributed by atoms with Crippen LogP contribution in [0.4, 0.5) is 10.1 Å². The van der Waals surface area contributed by atoms with E-state index in [9.17, 15) is 9.18 Å². The quantitative estimate of drug-likeness (QED) is 0.587. The normalized spacial score (nSPS) is 24.3. The molecule has 1 aromatic heterocycles. The van der Waals surface area contributed by atoms with Crippen molar-refractivity contribution in [3.8, 4) is 0 Å². The molecule has 4 atom stereocenters. The molecule has 2 aliphatic rings. The maximum atomic E-state index is 13.8. The predicted octanol–water partition coefficient (Wildman–Crippen LogP) is 5.48. The van der Waals surface area contributed by atoms with Gasteiger partial charge in [0.2, 0.25) is 5.91 Å². The first-order valence-corrected chi connectivity index (χ1v) is 11.2.